The second kappa shape index (κ2) is 6.48. The quantitative estimate of drug-likeness (QED) is 0.842. The Hall–Kier alpha value is -1.62. The highest BCUT2D eigenvalue weighted by atomic mass is 32.2. The molecule has 8 nitrogen and oxygen atoms in total. The van der Waals surface area contributed by atoms with E-state index in [1.807, 2.05) is 17.0 Å². The van der Waals surface area contributed by atoms with Crippen molar-refractivity contribution < 1.29 is 13.2 Å². The van der Waals surface area contributed by atoms with Gasteiger partial charge in [0.25, 0.3) is 0 Å². The van der Waals surface area contributed by atoms with Crippen LogP contribution in [0.4, 0.5) is 5.69 Å². The molecule has 1 amide bonds. The molecule has 23 heavy (non-hydrogen) atoms. The molecule has 10 heteroatoms. The number of benzene rings is 1. The van der Waals surface area contributed by atoms with Gasteiger partial charge in [-0.15, -0.1) is 0 Å². The van der Waals surface area contributed by atoms with Gasteiger partial charge in [-0.25, -0.2) is 8.42 Å². The first-order chi connectivity index (χ1) is 10.9. The van der Waals surface area contributed by atoms with E-state index >= 15 is 0 Å². The number of aromatic nitrogens is 2. The van der Waals surface area contributed by atoms with Gasteiger partial charge in [0.2, 0.25) is 15.9 Å². The first-order valence-electron chi connectivity index (χ1n) is 7.12. The monoisotopic (exact) mass is 355 g/mol. The SMILES string of the molecule is CS(=O)(=O)N1CCN(CC(=O)Nc2cccc3nsnc23)CC1. The second-order valence-corrected chi connectivity index (χ2v) is 7.93. The van der Waals surface area contributed by atoms with Crippen LogP contribution in [0, 0.1) is 0 Å². The predicted octanol–water partition coefficient (Wildman–Crippen LogP) is 0.207. The van der Waals surface area contributed by atoms with Crippen molar-refractivity contribution in [1.29, 1.82) is 0 Å². The molecule has 0 aliphatic carbocycles. The van der Waals surface area contributed by atoms with Crippen molar-refractivity contribution in [1.82, 2.24) is 18.0 Å². The van der Waals surface area contributed by atoms with E-state index in [9.17, 15) is 13.2 Å². The summed E-state index contributed by atoms with van der Waals surface area (Å²) in [6, 6.07) is 5.46. The van der Waals surface area contributed by atoms with Crippen molar-refractivity contribution in [2.75, 3.05) is 44.3 Å². The average molecular weight is 355 g/mol. The van der Waals surface area contributed by atoms with E-state index in [2.05, 4.69) is 14.1 Å². The fourth-order valence-electron chi connectivity index (χ4n) is 2.52. The summed E-state index contributed by atoms with van der Waals surface area (Å²) in [5.41, 5.74) is 2.10. The van der Waals surface area contributed by atoms with Crippen molar-refractivity contribution in [3.63, 3.8) is 0 Å². The van der Waals surface area contributed by atoms with Gasteiger partial charge in [0, 0.05) is 26.2 Å². The minimum absolute atomic E-state index is 0.140. The fraction of sp³-hybridized carbons (Fsp3) is 0.462. The number of nitrogens with one attached hydrogen (secondary N) is 1. The zero-order valence-corrected chi connectivity index (χ0v) is 14.2. The summed E-state index contributed by atoms with van der Waals surface area (Å²) < 4.78 is 32.7. The minimum atomic E-state index is -3.15. The third-order valence-corrected chi connectivity index (χ3v) is 5.57. The Labute approximate surface area is 138 Å². The first-order valence-corrected chi connectivity index (χ1v) is 9.70. The molecule has 1 N–H and O–H groups in total. The molecule has 1 saturated heterocycles. The maximum Gasteiger partial charge on any atom is 0.238 e. The van der Waals surface area contributed by atoms with Crippen molar-refractivity contribution in [3.8, 4) is 0 Å². The smallest absolute Gasteiger partial charge is 0.238 e. The van der Waals surface area contributed by atoms with Crippen LogP contribution in [0.2, 0.25) is 0 Å². The summed E-state index contributed by atoms with van der Waals surface area (Å²) in [4.78, 5) is 14.1. The molecule has 2 aromatic rings. The van der Waals surface area contributed by atoms with Crippen LogP contribution in [-0.2, 0) is 14.8 Å². The van der Waals surface area contributed by atoms with Crippen LogP contribution in [0.15, 0.2) is 18.2 Å². The maximum absolute atomic E-state index is 12.2. The number of carbonyl (C=O) groups is 1. The van der Waals surface area contributed by atoms with Crippen LogP contribution >= 0.6 is 11.7 Å². The Morgan fingerprint density at radius 2 is 2.00 bits per heavy atom. The Balaban J connectivity index is 1.57. The number of anilines is 1. The van der Waals surface area contributed by atoms with Crippen LogP contribution in [0.3, 0.4) is 0 Å². The molecule has 0 spiro atoms. The zero-order chi connectivity index (χ0) is 16.4. The average Bonchev–Trinajstić information content (AvgIpc) is 2.96. The van der Waals surface area contributed by atoms with Crippen LogP contribution in [-0.4, -0.2) is 71.3 Å². The predicted molar refractivity (Wildman–Crippen MR) is 88.9 cm³/mol. The van der Waals surface area contributed by atoms with E-state index in [0.717, 1.165) is 17.2 Å². The van der Waals surface area contributed by atoms with Gasteiger partial charge < -0.3 is 5.32 Å². The van der Waals surface area contributed by atoms with Crippen molar-refractivity contribution in [2.24, 2.45) is 0 Å². The normalized spacial score (nSPS) is 17.4. The zero-order valence-electron chi connectivity index (χ0n) is 12.6. The van der Waals surface area contributed by atoms with Gasteiger partial charge in [-0.2, -0.15) is 13.1 Å². The van der Waals surface area contributed by atoms with E-state index in [1.165, 1.54) is 10.6 Å². The number of carbonyl (C=O) groups excluding carboxylic acids is 1. The van der Waals surface area contributed by atoms with Gasteiger partial charge in [0.05, 0.1) is 30.2 Å². The fourth-order valence-corrected chi connectivity index (χ4v) is 3.90. The molecule has 3 rings (SSSR count). The molecule has 0 unspecified atom stereocenters. The molecule has 1 aromatic carbocycles. The van der Waals surface area contributed by atoms with Crippen LogP contribution < -0.4 is 5.32 Å². The number of hydrogen-bond donors (Lipinski definition) is 1. The van der Waals surface area contributed by atoms with Crippen LogP contribution in [0.5, 0.6) is 0 Å². The lowest BCUT2D eigenvalue weighted by atomic mass is 10.2. The van der Waals surface area contributed by atoms with Crippen molar-refractivity contribution >= 4 is 44.4 Å². The number of rotatable bonds is 4. The standard InChI is InChI=1S/C13H17N5O3S2/c1-23(20,21)18-7-5-17(6-8-18)9-12(19)14-10-3-2-4-11-13(10)16-22-15-11/h2-4H,5-9H2,1H3,(H,14,19). The van der Waals surface area contributed by atoms with Gasteiger partial charge in [0.15, 0.2) is 0 Å². The van der Waals surface area contributed by atoms with E-state index in [4.69, 9.17) is 0 Å². The lowest BCUT2D eigenvalue weighted by molar-refractivity contribution is -0.117. The molecule has 0 radical (unpaired) electrons. The molecule has 1 aromatic heterocycles. The highest BCUT2D eigenvalue weighted by molar-refractivity contribution is 7.88. The van der Waals surface area contributed by atoms with E-state index in [-0.39, 0.29) is 12.5 Å². The number of piperazine rings is 1. The van der Waals surface area contributed by atoms with Crippen LogP contribution in [0.1, 0.15) is 0 Å². The lowest BCUT2D eigenvalue weighted by Gasteiger charge is -2.32. The summed E-state index contributed by atoms with van der Waals surface area (Å²) >= 11 is 1.11. The Kier molecular flexibility index (Phi) is 4.57. The van der Waals surface area contributed by atoms with Crippen molar-refractivity contribution in [3.05, 3.63) is 18.2 Å². The largest absolute Gasteiger partial charge is 0.323 e. The Bertz CT molecular complexity index is 812. The third kappa shape index (κ3) is 3.83. The van der Waals surface area contributed by atoms with Gasteiger partial charge in [-0.05, 0) is 12.1 Å². The highest BCUT2D eigenvalue weighted by Crippen LogP contribution is 2.21. The van der Waals surface area contributed by atoms with Crippen LogP contribution in [0.25, 0.3) is 11.0 Å². The minimum Gasteiger partial charge on any atom is -0.323 e. The number of nitrogens with zero attached hydrogens (tertiary/aromatic N) is 4. The van der Waals surface area contributed by atoms with Gasteiger partial charge in [0.1, 0.15) is 11.0 Å². The number of sulfonamides is 1. The number of amides is 1. The van der Waals surface area contributed by atoms with E-state index < -0.39 is 10.0 Å². The van der Waals surface area contributed by atoms with Gasteiger partial charge in [-0.1, -0.05) is 6.07 Å². The lowest BCUT2D eigenvalue weighted by Crippen LogP contribution is -2.50. The topological polar surface area (TPSA) is 95.5 Å². The van der Waals surface area contributed by atoms with Gasteiger partial charge in [-0.3, -0.25) is 9.69 Å². The molecule has 0 saturated carbocycles. The summed E-state index contributed by atoms with van der Waals surface area (Å²) in [6.07, 6.45) is 1.21. The molecular weight excluding hydrogens is 338 g/mol. The Morgan fingerprint density at radius 1 is 1.26 bits per heavy atom. The second-order valence-electron chi connectivity index (χ2n) is 5.42. The highest BCUT2D eigenvalue weighted by Gasteiger charge is 2.24. The summed E-state index contributed by atoms with van der Waals surface area (Å²) in [6.45, 7) is 2.15. The summed E-state index contributed by atoms with van der Waals surface area (Å²) in [5, 5.41) is 2.85. The molecule has 124 valence electrons. The van der Waals surface area contributed by atoms with Crippen molar-refractivity contribution in [2.45, 2.75) is 0 Å². The molecule has 0 atom stereocenters. The summed E-state index contributed by atoms with van der Waals surface area (Å²) in [5.74, 6) is -0.140. The number of fused-ring (bicyclic) bond motifs is 1. The van der Waals surface area contributed by atoms with Gasteiger partial charge >= 0.3 is 0 Å². The molecule has 2 heterocycles. The molecule has 1 aliphatic rings. The summed E-state index contributed by atoms with van der Waals surface area (Å²) in [7, 11) is -3.15. The van der Waals surface area contributed by atoms with E-state index in [0.29, 0.717) is 37.4 Å². The van der Waals surface area contributed by atoms with E-state index in [1.54, 1.807) is 6.07 Å². The first kappa shape index (κ1) is 16.2. The molecule has 1 fully saturated rings. The molecule has 1 aliphatic heterocycles. The molecule has 0 bridgehead atoms. The molecular formula is C13H17N5O3S2. The maximum atomic E-state index is 12.2. The number of hydrogen-bond acceptors (Lipinski definition) is 7. The Morgan fingerprint density at radius 3 is 2.70 bits per heavy atom. The third-order valence-electron chi connectivity index (χ3n) is 3.73.